The molecular formula is C22H18INO7S. The number of ether oxygens (including phenoxy) is 3. The number of nitrogens with zero attached hydrogens (tertiary/aromatic N) is 1. The van der Waals surface area contributed by atoms with Gasteiger partial charge in [0.25, 0.3) is 11.1 Å². The summed E-state index contributed by atoms with van der Waals surface area (Å²) in [5, 5.41) is -0.556. The highest BCUT2D eigenvalue weighted by Gasteiger charge is 2.36. The molecule has 2 amide bonds. The molecule has 1 aliphatic rings. The van der Waals surface area contributed by atoms with E-state index in [2.05, 4.69) is 4.74 Å². The molecule has 0 aromatic heterocycles. The summed E-state index contributed by atoms with van der Waals surface area (Å²) in [6, 6.07) is 11.9. The monoisotopic (exact) mass is 567 g/mol. The number of imide groups is 1. The van der Waals surface area contributed by atoms with Crippen LogP contribution in [-0.2, 0) is 14.3 Å². The Bertz CT molecular complexity index is 1100. The topological polar surface area (TPSA) is 99.2 Å². The Kier molecular flexibility index (Phi) is 7.91. The smallest absolute Gasteiger partial charge is 0.343 e. The van der Waals surface area contributed by atoms with Crippen molar-refractivity contribution in [1.82, 2.24) is 4.90 Å². The molecular weight excluding hydrogens is 549 g/mol. The zero-order valence-electron chi connectivity index (χ0n) is 17.1. The summed E-state index contributed by atoms with van der Waals surface area (Å²) < 4.78 is 16.3. The standard InChI is InChI=1S/C22H18INO7S/c1-3-30-16-10-13(11-17-20(26)24(22(28)32-17)12-18(25)29-2)9-15(23)19(16)31-21(27)14-7-5-4-6-8-14/h4-11H,3,12H2,1-2H3/b17-11-. The van der Waals surface area contributed by atoms with Crippen LogP contribution in [-0.4, -0.2) is 48.2 Å². The molecule has 3 rings (SSSR count). The molecule has 2 aromatic carbocycles. The zero-order chi connectivity index (χ0) is 23.3. The third-order valence-electron chi connectivity index (χ3n) is 4.22. The molecule has 0 bridgehead atoms. The average molecular weight is 567 g/mol. The number of benzene rings is 2. The van der Waals surface area contributed by atoms with Gasteiger partial charge in [-0.15, -0.1) is 0 Å². The van der Waals surface area contributed by atoms with Crippen molar-refractivity contribution in [3.8, 4) is 11.5 Å². The van der Waals surface area contributed by atoms with Crippen molar-refractivity contribution in [2.45, 2.75) is 6.92 Å². The summed E-state index contributed by atoms with van der Waals surface area (Å²) in [6.45, 7) is 1.67. The molecule has 1 fully saturated rings. The lowest BCUT2D eigenvalue weighted by molar-refractivity contribution is -0.143. The highest BCUT2D eigenvalue weighted by atomic mass is 127. The van der Waals surface area contributed by atoms with Gasteiger partial charge in [0.05, 0.1) is 27.8 Å². The SMILES string of the molecule is CCOc1cc(/C=C2\SC(=O)N(CC(=O)OC)C2=O)cc(I)c1OC(=O)c1ccccc1. The van der Waals surface area contributed by atoms with Crippen LogP contribution in [0.5, 0.6) is 11.5 Å². The Morgan fingerprint density at radius 2 is 1.88 bits per heavy atom. The summed E-state index contributed by atoms with van der Waals surface area (Å²) >= 11 is 2.74. The number of hydrogen-bond acceptors (Lipinski definition) is 8. The molecule has 0 saturated carbocycles. The molecule has 0 N–H and O–H groups in total. The van der Waals surface area contributed by atoms with Crippen molar-refractivity contribution in [2.24, 2.45) is 0 Å². The Labute approximate surface area is 202 Å². The van der Waals surface area contributed by atoms with Gasteiger partial charge in [0.15, 0.2) is 11.5 Å². The molecule has 1 saturated heterocycles. The van der Waals surface area contributed by atoms with Crippen molar-refractivity contribution in [3.63, 3.8) is 0 Å². The predicted molar refractivity (Wildman–Crippen MR) is 126 cm³/mol. The highest BCUT2D eigenvalue weighted by Crippen LogP contribution is 2.37. The molecule has 10 heteroatoms. The molecule has 0 atom stereocenters. The number of amides is 2. The maximum atomic E-state index is 12.5. The molecule has 1 heterocycles. The fourth-order valence-corrected chi connectivity index (χ4v) is 4.31. The normalized spacial score (nSPS) is 14.6. The molecule has 1 aliphatic heterocycles. The Morgan fingerprint density at radius 3 is 2.53 bits per heavy atom. The number of carbonyl (C=O) groups excluding carboxylic acids is 4. The van der Waals surface area contributed by atoms with E-state index in [4.69, 9.17) is 9.47 Å². The summed E-state index contributed by atoms with van der Waals surface area (Å²) in [7, 11) is 1.18. The van der Waals surface area contributed by atoms with Crippen molar-refractivity contribution in [1.29, 1.82) is 0 Å². The summed E-state index contributed by atoms with van der Waals surface area (Å²) in [4.78, 5) is 49.6. The average Bonchev–Trinajstić information content (AvgIpc) is 3.03. The number of rotatable bonds is 7. The van der Waals surface area contributed by atoms with Crippen LogP contribution < -0.4 is 9.47 Å². The summed E-state index contributed by atoms with van der Waals surface area (Å²) in [6.07, 6.45) is 1.52. The minimum atomic E-state index is -0.689. The van der Waals surface area contributed by atoms with Crippen LogP contribution in [0.15, 0.2) is 47.4 Å². The lowest BCUT2D eigenvalue weighted by atomic mass is 10.1. The highest BCUT2D eigenvalue weighted by molar-refractivity contribution is 14.1. The molecule has 166 valence electrons. The number of halogens is 1. The van der Waals surface area contributed by atoms with E-state index in [1.165, 1.54) is 13.2 Å². The van der Waals surface area contributed by atoms with Gasteiger partial charge in [-0.05, 0) is 77.2 Å². The van der Waals surface area contributed by atoms with Gasteiger partial charge in [0.1, 0.15) is 6.54 Å². The van der Waals surface area contributed by atoms with Gasteiger partial charge in [0.2, 0.25) is 0 Å². The van der Waals surface area contributed by atoms with Gasteiger partial charge in [-0.25, -0.2) is 4.79 Å². The Hall–Kier alpha value is -2.86. The fraction of sp³-hybridized carbons (Fsp3) is 0.182. The van der Waals surface area contributed by atoms with Crippen molar-refractivity contribution < 1.29 is 33.4 Å². The van der Waals surface area contributed by atoms with Crippen LogP contribution in [0.25, 0.3) is 6.08 Å². The second-order valence-electron chi connectivity index (χ2n) is 6.36. The van der Waals surface area contributed by atoms with Crippen LogP contribution in [0.3, 0.4) is 0 Å². The first-order valence-corrected chi connectivity index (χ1v) is 11.3. The van der Waals surface area contributed by atoms with Crippen molar-refractivity contribution in [3.05, 3.63) is 62.1 Å². The molecule has 2 aromatic rings. The lowest BCUT2D eigenvalue weighted by Gasteiger charge is -2.14. The van der Waals surface area contributed by atoms with E-state index in [0.29, 0.717) is 27.1 Å². The lowest BCUT2D eigenvalue weighted by Crippen LogP contribution is -2.34. The fourth-order valence-electron chi connectivity index (χ4n) is 2.74. The first-order valence-electron chi connectivity index (χ1n) is 9.39. The summed E-state index contributed by atoms with van der Waals surface area (Å²) in [5.74, 6) is -1.22. The van der Waals surface area contributed by atoms with Gasteiger partial charge in [-0.1, -0.05) is 18.2 Å². The van der Waals surface area contributed by atoms with Crippen LogP contribution >= 0.6 is 34.4 Å². The quantitative estimate of drug-likeness (QED) is 0.213. The van der Waals surface area contributed by atoms with Crippen LogP contribution in [0.1, 0.15) is 22.8 Å². The van der Waals surface area contributed by atoms with E-state index < -0.39 is 29.6 Å². The third-order valence-corrected chi connectivity index (χ3v) is 5.93. The van der Waals surface area contributed by atoms with Gasteiger partial charge in [-0.2, -0.15) is 0 Å². The predicted octanol–water partition coefficient (Wildman–Crippen LogP) is 4.12. The first-order chi connectivity index (χ1) is 15.3. The first kappa shape index (κ1) is 23.8. The number of hydrogen-bond donors (Lipinski definition) is 0. The van der Waals surface area contributed by atoms with Gasteiger partial charge < -0.3 is 14.2 Å². The molecule has 8 nitrogen and oxygen atoms in total. The van der Waals surface area contributed by atoms with Gasteiger partial charge in [-0.3, -0.25) is 19.3 Å². The Balaban J connectivity index is 1.89. The van der Waals surface area contributed by atoms with Crippen molar-refractivity contribution in [2.75, 3.05) is 20.3 Å². The van der Waals surface area contributed by atoms with Crippen LogP contribution in [0, 0.1) is 3.57 Å². The van der Waals surface area contributed by atoms with Crippen molar-refractivity contribution >= 4 is 63.5 Å². The number of thioether (sulfide) groups is 1. The number of methoxy groups -OCH3 is 1. The molecule has 0 aliphatic carbocycles. The van der Waals surface area contributed by atoms with Crippen LogP contribution in [0.4, 0.5) is 4.79 Å². The maximum Gasteiger partial charge on any atom is 0.343 e. The number of carbonyl (C=O) groups is 4. The van der Waals surface area contributed by atoms with E-state index in [1.807, 2.05) is 22.6 Å². The van der Waals surface area contributed by atoms with E-state index in [-0.39, 0.29) is 10.7 Å². The van der Waals surface area contributed by atoms with E-state index in [1.54, 1.807) is 49.4 Å². The molecule has 0 radical (unpaired) electrons. The molecule has 32 heavy (non-hydrogen) atoms. The second-order valence-corrected chi connectivity index (χ2v) is 8.52. The Morgan fingerprint density at radius 1 is 1.16 bits per heavy atom. The van der Waals surface area contributed by atoms with Gasteiger partial charge >= 0.3 is 11.9 Å². The minimum absolute atomic E-state index is 0.159. The molecule has 0 unspecified atom stereocenters. The van der Waals surface area contributed by atoms with Crippen LogP contribution in [0.2, 0.25) is 0 Å². The van der Waals surface area contributed by atoms with E-state index in [9.17, 15) is 19.2 Å². The minimum Gasteiger partial charge on any atom is -0.490 e. The maximum absolute atomic E-state index is 12.5. The molecule has 0 spiro atoms. The zero-order valence-corrected chi connectivity index (χ0v) is 20.1. The second kappa shape index (κ2) is 10.6. The largest absolute Gasteiger partial charge is 0.490 e. The van der Waals surface area contributed by atoms with E-state index in [0.717, 1.165) is 16.7 Å². The van der Waals surface area contributed by atoms with Gasteiger partial charge in [0, 0.05) is 0 Å². The third kappa shape index (κ3) is 5.49. The summed E-state index contributed by atoms with van der Waals surface area (Å²) in [5.41, 5.74) is 0.968. The van der Waals surface area contributed by atoms with E-state index >= 15 is 0 Å². The number of esters is 2.